The van der Waals surface area contributed by atoms with Gasteiger partial charge in [-0.1, -0.05) is 20.8 Å². The van der Waals surface area contributed by atoms with E-state index in [9.17, 15) is 4.79 Å². The molecule has 2 heterocycles. The van der Waals surface area contributed by atoms with Crippen molar-refractivity contribution in [3.8, 4) is 17.0 Å². The summed E-state index contributed by atoms with van der Waals surface area (Å²) in [4.78, 5) is 23.2. The van der Waals surface area contributed by atoms with E-state index in [0.717, 1.165) is 5.56 Å². The molecule has 2 aromatic heterocycles. The van der Waals surface area contributed by atoms with Crippen LogP contribution in [0, 0.1) is 0 Å². The lowest BCUT2D eigenvalue weighted by atomic mass is 9.95. The van der Waals surface area contributed by atoms with Crippen molar-refractivity contribution in [3.05, 3.63) is 40.7 Å². The fraction of sp³-hybridized carbons (Fsp3) is 0.400. The van der Waals surface area contributed by atoms with Crippen molar-refractivity contribution >= 4 is 0 Å². The minimum atomic E-state index is -0.222. The molecule has 0 unspecified atom stereocenters. The summed E-state index contributed by atoms with van der Waals surface area (Å²) in [6.07, 6.45) is 3.32. The quantitative estimate of drug-likeness (QED) is 0.933. The minimum absolute atomic E-state index is 0.165. The molecule has 0 aliphatic heterocycles. The molecule has 106 valence electrons. The third-order valence-electron chi connectivity index (χ3n) is 2.77. The highest BCUT2D eigenvalue weighted by Crippen LogP contribution is 2.23. The highest BCUT2D eigenvalue weighted by atomic mass is 16.5. The van der Waals surface area contributed by atoms with E-state index in [0.29, 0.717) is 23.9 Å². The Morgan fingerprint density at radius 2 is 2.00 bits per heavy atom. The first-order valence-electron chi connectivity index (χ1n) is 6.60. The molecule has 0 amide bonds. The van der Waals surface area contributed by atoms with E-state index in [-0.39, 0.29) is 11.0 Å². The van der Waals surface area contributed by atoms with Gasteiger partial charge in [0.05, 0.1) is 18.5 Å². The Morgan fingerprint density at radius 3 is 2.65 bits per heavy atom. The lowest BCUT2D eigenvalue weighted by Gasteiger charge is -2.17. The Hall–Kier alpha value is -2.17. The topological polar surface area (TPSA) is 67.9 Å². The maximum absolute atomic E-state index is 11.8. The van der Waals surface area contributed by atoms with Crippen LogP contribution in [0.5, 0.6) is 5.75 Å². The standard InChI is InChI=1S/C15H19N3O2/c1-5-20-11-6-10(8-16-9-11)12-7-13(19)18-14(17-12)15(2,3)4/h6-9H,5H2,1-4H3,(H,17,18,19). The maximum Gasteiger partial charge on any atom is 0.251 e. The second kappa shape index (κ2) is 5.45. The molecule has 0 radical (unpaired) electrons. The number of nitrogens with zero attached hydrogens (tertiary/aromatic N) is 2. The second-order valence-corrected chi connectivity index (χ2v) is 5.57. The molecule has 2 aromatic rings. The van der Waals surface area contributed by atoms with Crippen molar-refractivity contribution < 1.29 is 4.74 Å². The average molecular weight is 273 g/mol. The number of hydrogen-bond acceptors (Lipinski definition) is 4. The van der Waals surface area contributed by atoms with E-state index >= 15 is 0 Å². The molecule has 2 rings (SSSR count). The van der Waals surface area contributed by atoms with E-state index in [2.05, 4.69) is 15.0 Å². The van der Waals surface area contributed by atoms with Crippen LogP contribution >= 0.6 is 0 Å². The molecule has 5 heteroatoms. The van der Waals surface area contributed by atoms with E-state index in [1.807, 2.05) is 33.8 Å². The van der Waals surface area contributed by atoms with Crippen molar-refractivity contribution in [2.24, 2.45) is 0 Å². The van der Waals surface area contributed by atoms with Gasteiger partial charge in [0, 0.05) is 23.2 Å². The monoisotopic (exact) mass is 273 g/mol. The van der Waals surface area contributed by atoms with Crippen molar-refractivity contribution in [1.82, 2.24) is 15.0 Å². The number of aromatic nitrogens is 3. The Morgan fingerprint density at radius 1 is 1.25 bits per heavy atom. The van der Waals surface area contributed by atoms with Gasteiger partial charge in [0.25, 0.3) is 5.56 Å². The van der Waals surface area contributed by atoms with Gasteiger partial charge in [0.2, 0.25) is 0 Å². The van der Waals surface area contributed by atoms with Crippen molar-refractivity contribution in [1.29, 1.82) is 0 Å². The Labute approximate surface area is 118 Å². The van der Waals surface area contributed by atoms with Crippen LogP contribution in [0.2, 0.25) is 0 Å². The lowest BCUT2D eigenvalue weighted by Crippen LogP contribution is -2.21. The van der Waals surface area contributed by atoms with Gasteiger partial charge in [-0.3, -0.25) is 9.78 Å². The molecule has 0 atom stereocenters. The zero-order valence-electron chi connectivity index (χ0n) is 12.2. The molecule has 0 spiro atoms. The van der Waals surface area contributed by atoms with Gasteiger partial charge in [-0.15, -0.1) is 0 Å². The molecule has 0 fully saturated rings. The summed E-state index contributed by atoms with van der Waals surface area (Å²) < 4.78 is 5.42. The zero-order valence-corrected chi connectivity index (χ0v) is 12.2. The fourth-order valence-corrected chi connectivity index (χ4v) is 1.77. The molecule has 1 N–H and O–H groups in total. The smallest absolute Gasteiger partial charge is 0.251 e. The number of H-pyrrole nitrogens is 1. The van der Waals surface area contributed by atoms with Crippen molar-refractivity contribution in [2.45, 2.75) is 33.1 Å². The molecule has 0 aliphatic carbocycles. The molecule has 20 heavy (non-hydrogen) atoms. The van der Waals surface area contributed by atoms with Crippen LogP contribution in [0.15, 0.2) is 29.3 Å². The number of aromatic amines is 1. The summed E-state index contributed by atoms with van der Waals surface area (Å²) >= 11 is 0. The van der Waals surface area contributed by atoms with Crippen LogP contribution in [0.25, 0.3) is 11.3 Å². The van der Waals surface area contributed by atoms with Gasteiger partial charge >= 0.3 is 0 Å². The summed E-state index contributed by atoms with van der Waals surface area (Å²) in [7, 11) is 0. The highest BCUT2D eigenvalue weighted by Gasteiger charge is 2.18. The third-order valence-corrected chi connectivity index (χ3v) is 2.77. The SMILES string of the molecule is CCOc1cncc(-c2cc(=O)[nH]c(C(C)(C)C)n2)c1. The Kier molecular flexibility index (Phi) is 3.88. The first kappa shape index (κ1) is 14.2. The lowest BCUT2D eigenvalue weighted by molar-refractivity contribution is 0.339. The van der Waals surface area contributed by atoms with Crippen molar-refractivity contribution in [2.75, 3.05) is 6.61 Å². The Balaban J connectivity index is 2.50. The third kappa shape index (κ3) is 3.23. The summed E-state index contributed by atoms with van der Waals surface area (Å²) in [6.45, 7) is 8.49. The van der Waals surface area contributed by atoms with Gasteiger partial charge < -0.3 is 9.72 Å². The normalized spacial score (nSPS) is 11.4. The summed E-state index contributed by atoms with van der Waals surface area (Å²) in [6, 6.07) is 3.31. The predicted molar refractivity (Wildman–Crippen MR) is 78.0 cm³/mol. The first-order valence-corrected chi connectivity index (χ1v) is 6.60. The van der Waals surface area contributed by atoms with Crippen LogP contribution in [0.1, 0.15) is 33.5 Å². The van der Waals surface area contributed by atoms with Crippen LogP contribution in [-0.4, -0.2) is 21.6 Å². The number of hydrogen-bond donors (Lipinski definition) is 1. The van der Waals surface area contributed by atoms with Gasteiger partial charge in [0.15, 0.2) is 0 Å². The first-order chi connectivity index (χ1) is 9.40. The van der Waals surface area contributed by atoms with E-state index < -0.39 is 0 Å². The van der Waals surface area contributed by atoms with E-state index in [1.165, 1.54) is 6.07 Å². The fourth-order valence-electron chi connectivity index (χ4n) is 1.77. The van der Waals surface area contributed by atoms with Crippen molar-refractivity contribution in [3.63, 3.8) is 0 Å². The van der Waals surface area contributed by atoms with Gasteiger partial charge in [-0.25, -0.2) is 4.98 Å². The maximum atomic E-state index is 11.8. The van der Waals surface area contributed by atoms with Crippen LogP contribution in [0.4, 0.5) is 0 Å². The molecular formula is C15H19N3O2. The molecule has 0 aromatic carbocycles. The minimum Gasteiger partial charge on any atom is -0.492 e. The summed E-state index contributed by atoms with van der Waals surface area (Å²) in [5.74, 6) is 1.33. The Bertz CT molecular complexity index is 657. The predicted octanol–water partition coefficient (Wildman–Crippen LogP) is 2.53. The van der Waals surface area contributed by atoms with Crippen LogP contribution in [0.3, 0.4) is 0 Å². The molecule has 5 nitrogen and oxygen atoms in total. The highest BCUT2D eigenvalue weighted by molar-refractivity contribution is 5.59. The van der Waals surface area contributed by atoms with Gasteiger partial charge in [-0.05, 0) is 13.0 Å². The summed E-state index contributed by atoms with van der Waals surface area (Å²) in [5, 5.41) is 0. The molecule has 0 aliphatic rings. The molecular weight excluding hydrogens is 254 g/mol. The number of nitrogens with one attached hydrogen (secondary N) is 1. The van der Waals surface area contributed by atoms with Crippen LogP contribution < -0.4 is 10.3 Å². The largest absolute Gasteiger partial charge is 0.492 e. The van der Waals surface area contributed by atoms with E-state index in [4.69, 9.17) is 4.74 Å². The number of rotatable bonds is 3. The summed E-state index contributed by atoms with van der Waals surface area (Å²) in [5.41, 5.74) is 0.988. The van der Waals surface area contributed by atoms with E-state index in [1.54, 1.807) is 12.4 Å². The van der Waals surface area contributed by atoms with Gasteiger partial charge in [0.1, 0.15) is 11.6 Å². The number of pyridine rings is 1. The average Bonchev–Trinajstić information content (AvgIpc) is 2.38. The van der Waals surface area contributed by atoms with Crippen LogP contribution in [-0.2, 0) is 5.41 Å². The molecule has 0 saturated heterocycles. The molecule has 0 saturated carbocycles. The number of ether oxygens (including phenoxy) is 1. The second-order valence-electron chi connectivity index (χ2n) is 5.57. The van der Waals surface area contributed by atoms with Gasteiger partial charge in [-0.2, -0.15) is 0 Å². The zero-order chi connectivity index (χ0) is 14.8. The molecule has 0 bridgehead atoms.